The van der Waals surface area contributed by atoms with Gasteiger partial charge in [0.25, 0.3) is 0 Å². The number of aromatic nitrogens is 1. The van der Waals surface area contributed by atoms with E-state index in [1.54, 1.807) is 19.2 Å². The van der Waals surface area contributed by atoms with Crippen molar-refractivity contribution < 1.29 is 28.6 Å². The summed E-state index contributed by atoms with van der Waals surface area (Å²) < 4.78 is 26.1. The third kappa shape index (κ3) is 7.67. The van der Waals surface area contributed by atoms with Gasteiger partial charge in [0.15, 0.2) is 5.13 Å². The lowest BCUT2D eigenvalue weighted by molar-refractivity contribution is -0.145. The molecule has 228 valence electrons. The molecule has 4 rings (SSSR count). The van der Waals surface area contributed by atoms with E-state index in [4.69, 9.17) is 37.6 Å². The van der Waals surface area contributed by atoms with Crippen molar-refractivity contribution >= 4 is 40.0 Å². The molecule has 1 unspecified atom stereocenters. The van der Waals surface area contributed by atoms with E-state index in [0.717, 1.165) is 51.7 Å². The molecular weight excluding hydrogens is 591 g/mol. The van der Waals surface area contributed by atoms with Crippen LogP contribution in [0.2, 0.25) is 5.02 Å². The van der Waals surface area contributed by atoms with Crippen LogP contribution in [0.4, 0.5) is 9.52 Å². The first-order valence-electron chi connectivity index (χ1n) is 14.2. The van der Waals surface area contributed by atoms with Crippen molar-refractivity contribution in [3.8, 4) is 29.4 Å². The molecule has 1 atom stereocenters. The fourth-order valence-electron chi connectivity index (χ4n) is 5.24. The summed E-state index contributed by atoms with van der Waals surface area (Å²) in [4.78, 5) is 30.8. The average molecular weight is 627 g/mol. The van der Waals surface area contributed by atoms with Crippen molar-refractivity contribution in [3.63, 3.8) is 0 Å². The monoisotopic (exact) mass is 626 g/mol. The second-order valence-electron chi connectivity index (χ2n) is 11.1. The van der Waals surface area contributed by atoms with E-state index in [2.05, 4.69) is 17.7 Å². The fraction of sp³-hybridized carbons (Fsp3) is 0.424. The van der Waals surface area contributed by atoms with Gasteiger partial charge in [-0.2, -0.15) is 0 Å². The lowest BCUT2D eigenvalue weighted by Gasteiger charge is -2.41. The van der Waals surface area contributed by atoms with Gasteiger partial charge in [-0.3, -0.25) is 9.59 Å². The number of hydrogen-bond acceptors (Lipinski definition) is 7. The van der Waals surface area contributed by atoms with E-state index in [0.29, 0.717) is 16.7 Å². The number of nitrogens with zero attached hydrogens (tertiary/aromatic N) is 2. The quantitative estimate of drug-likeness (QED) is 0.145. The van der Waals surface area contributed by atoms with Crippen molar-refractivity contribution in [2.75, 3.05) is 18.6 Å². The molecular formula is C33H36ClFN2O5S. The Morgan fingerprint density at radius 2 is 2.00 bits per heavy atom. The van der Waals surface area contributed by atoms with Crippen LogP contribution in [-0.4, -0.2) is 35.7 Å². The van der Waals surface area contributed by atoms with Gasteiger partial charge in [-0.05, 0) is 68.9 Å². The van der Waals surface area contributed by atoms with E-state index in [1.165, 1.54) is 17.4 Å². The first kappa shape index (κ1) is 32.3. The van der Waals surface area contributed by atoms with Crippen LogP contribution in [0, 0.1) is 37.9 Å². The minimum atomic E-state index is -0.980. The SMILES string of the molecule is C#CCN(c1nc(-c2cc(C)c(OC)cc2Cl)c(C)s1)C(C)(CC1CC1)c1ccc(COC(=O)CCCC(=O)O)c(F)c1. The number of hydrogen-bond donors (Lipinski definition) is 1. The van der Waals surface area contributed by atoms with Crippen LogP contribution < -0.4 is 9.64 Å². The number of carboxylic acids is 1. The zero-order valence-corrected chi connectivity index (χ0v) is 26.4. The van der Waals surface area contributed by atoms with Crippen molar-refractivity contribution in [2.24, 2.45) is 5.92 Å². The number of carboxylic acid groups (broad SMARTS) is 1. The van der Waals surface area contributed by atoms with Crippen molar-refractivity contribution in [1.82, 2.24) is 4.98 Å². The minimum Gasteiger partial charge on any atom is -0.496 e. The molecule has 0 bridgehead atoms. The Bertz CT molecular complexity index is 1550. The van der Waals surface area contributed by atoms with Crippen molar-refractivity contribution in [3.05, 3.63) is 62.7 Å². The highest BCUT2D eigenvalue weighted by molar-refractivity contribution is 7.16. The predicted molar refractivity (Wildman–Crippen MR) is 167 cm³/mol. The molecule has 1 aromatic heterocycles. The van der Waals surface area contributed by atoms with Gasteiger partial charge in [-0.1, -0.05) is 42.5 Å². The molecule has 43 heavy (non-hydrogen) atoms. The number of terminal acetylenes is 1. The number of aryl methyl sites for hydroxylation is 2. The maximum absolute atomic E-state index is 15.5. The number of rotatable bonds is 14. The number of carbonyl (C=O) groups is 2. The Labute approximate surface area is 261 Å². The first-order chi connectivity index (χ1) is 20.5. The van der Waals surface area contributed by atoms with Gasteiger partial charge < -0.3 is 19.5 Å². The molecule has 1 saturated carbocycles. The largest absolute Gasteiger partial charge is 0.496 e. The van der Waals surface area contributed by atoms with Gasteiger partial charge in [-0.25, -0.2) is 9.37 Å². The number of thiazole rings is 1. The highest BCUT2D eigenvalue weighted by Gasteiger charge is 2.41. The van der Waals surface area contributed by atoms with E-state index in [9.17, 15) is 9.59 Å². The van der Waals surface area contributed by atoms with Gasteiger partial charge in [0.1, 0.15) is 18.2 Å². The van der Waals surface area contributed by atoms with Crippen LogP contribution >= 0.6 is 22.9 Å². The number of halogens is 2. The van der Waals surface area contributed by atoms with Crippen LogP contribution in [0.15, 0.2) is 30.3 Å². The molecule has 0 spiro atoms. The van der Waals surface area contributed by atoms with Gasteiger partial charge in [-0.15, -0.1) is 17.8 Å². The summed E-state index contributed by atoms with van der Waals surface area (Å²) in [7, 11) is 1.61. The molecule has 1 aliphatic carbocycles. The standard InChI is InChI=1S/C33H36ClFN2O5S/c1-6-14-37(32-36-31(21(3)43-32)25-15-20(2)28(41-5)17-26(25)34)33(4,18-22-10-11-22)24-13-12-23(27(35)16-24)19-42-30(40)9-7-8-29(38)39/h1,12-13,15-17,22H,7-11,14,18-19H2,2-5H3,(H,38,39). The Morgan fingerprint density at radius 1 is 1.26 bits per heavy atom. The lowest BCUT2D eigenvalue weighted by atomic mass is 9.84. The third-order valence-corrected chi connectivity index (χ3v) is 9.13. The third-order valence-electron chi connectivity index (χ3n) is 7.82. The number of esters is 1. The maximum atomic E-state index is 15.5. The van der Waals surface area contributed by atoms with Crippen LogP contribution in [0.1, 0.15) is 67.0 Å². The van der Waals surface area contributed by atoms with E-state index in [-0.39, 0.29) is 38.0 Å². The van der Waals surface area contributed by atoms with Crippen LogP contribution in [0.5, 0.6) is 5.75 Å². The van der Waals surface area contributed by atoms with Crippen LogP contribution in [-0.2, 0) is 26.5 Å². The Kier molecular flexibility index (Phi) is 10.4. The van der Waals surface area contributed by atoms with Crippen LogP contribution in [0.3, 0.4) is 0 Å². The van der Waals surface area contributed by atoms with Crippen LogP contribution in [0.25, 0.3) is 11.3 Å². The molecule has 3 aromatic rings. The van der Waals surface area contributed by atoms with Gasteiger partial charge in [0.05, 0.1) is 29.9 Å². The highest BCUT2D eigenvalue weighted by atomic mass is 35.5. The second-order valence-corrected chi connectivity index (χ2v) is 12.7. The van der Waals surface area contributed by atoms with Crippen molar-refractivity contribution in [1.29, 1.82) is 0 Å². The topological polar surface area (TPSA) is 89.0 Å². The minimum absolute atomic E-state index is 0.0387. The fourth-order valence-corrected chi connectivity index (χ4v) is 6.52. The van der Waals surface area contributed by atoms with E-state index < -0.39 is 23.3 Å². The van der Waals surface area contributed by atoms with E-state index in [1.807, 2.05) is 26.0 Å². The highest BCUT2D eigenvalue weighted by Crippen LogP contribution is 2.47. The Hall–Kier alpha value is -3.61. The summed E-state index contributed by atoms with van der Waals surface area (Å²) >= 11 is 8.18. The summed E-state index contributed by atoms with van der Waals surface area (Å²) in [6.45, 7) is 6.05. The smallest absolute Gasteiger partial charge is 0.306 e. The maximum Gasteiger partial charge on any atom is 0.306 e. The molecule has 2 aromatic carbocycles. The molecule has 0 saturated heterocycles. The molecule has 1 heterocycles. The normalized spacial score (nSPS) is 14.1. The molecule has 1 N–H and O–H groups in total. The number of benzene rings is 2. The molecule has 0 radical (unpaired) electrons. The lowest BCUT2D eigenvalue weighted by Crippen LogP contribution is -2.45. The molecule has 1 fully saturated rings. The number of methoxy groups -OCH3 is 1. The Balaban J connectivity index is 1.64. The van der Waals surface area contributed by atoms with Gasteiger partial charge in [0, 0.05) is 28.8 Å². The zero-order chi connectivity index (χ0) is 31.3. The summed E-state index contributed by atoms with van der Waals surface area (Å²) in [5.41, 5.74) is 2.83. The summed E-state index contributed by atoms with van der Waals surface area (Å²) in [6, 6.07) is 8.73. The molecule has 1 aliphatic rings. The molecule has 0 amide bonds. The average Bonchev–Trinajstić information content (AvgIpc) is 3.69. The predicted octanol–water partition coefficient (Wildman–Crippen LogP) is 7.68. The molecule has 0 aliphatic heterocycles. The molecule has 10 heteroatoms. The number of ether oxygens (including phenoxy) is 2. The van der Waals surface area contributed by atoms with E-state index >= 15 is 4.39 Å². The summed E-state index contributed by atoms with van der Waals surface area (Å²) in [6.07, 6.45) is 8.85. The second kappa shape index (κ2) is 13.8. The number of anilines is 1. The number of aliphatic carboxylic acids is 1. The Morgan fingerprint density at radius 3 is 2.63 bits per heavy atom. The van der Waals surface area contributed by atoms with Crippen molar-refractivity contribution in [2.45, 2.75) is 71.4 Å². The molecule has 7 nitrogen and oxygen atoms in total. The van der Waals surface area contributed by atoms with Gasteiger partial charge in [0.2, 0.25) is 0 Å². The van der Waals surface area contributed by atoms with Gasteiger partial charge >= 0.3 is 11.9 Å². The summed E-state index contributed by atoms with van der Waals surface area (Å²) in [5.74, 6) is 1.93. The summed E-state index contributed by atoms with van der Waals surface area (Å²) in [5, 5.41) is 10.00. The zero-order valence-electron chi connectivity index (χ0n) is 24.8. The number of carbonyl (C=O) groups excluding carboxylic acids is 1. The first-order valence-corrected chi connectivity index (χ1v) is 15.4.